The first kappa shape index (κ1) is 10.3. The van der Waals surface area contributed by atoms with Crippen molar-refractivity contribution >= 4 is 11.9 Å². The molecule has 0 amide bonds. The topological polar surface area (TPSA) is 37.3 Å². The monoisotopic (exact) mass is 215 g/mol. The van der Waals surface area contributed by atoms with Crippen molar-refractivity contribution in [1.29, 1.82) is 0 Å². The van der Waals surface area contributed by atoms with Gasteiger partial charge in [-0.15, -0.1) is 0 Å². The molecule has 1 aromatic heterocycles. The van der Waals surface area contributed by atoms with Crippen molar-refractivity contribution in [3.63, 3.8) is 0 Å². The molecule has 4 heteroatoms. The maximum Gasteiger partial charge on any atom is 0.125 e. The molecule has 0 saturated heterocycles. The molecular weight excluding hydrogens is 205 g/mol. The molecule has 1 aromatic carbocycles. The van der Waals surface area contributed by atoms with E-state index in [0.29, 0.717) is 5.69 Å². The summed E-state index contributed by atoms with van der Waals surface area (Å²) >= 11 is 0. The summed E-state index contributed by atoms with van der Waals surface area (Å²) in [7, 11) is 0. The van der Waals surface area contributed by atoms with Gasteiger partial charge < -0.3 is 0 Å². The highest BCUT2D eigenvalue weighted by Gasteiger charge is 1.91. The molecule has 0 bridgehead atoms. The second kappa shape index (κ2) is 5.02. The minimum atomic E-state index is -0.288. The van der Waals surface area contributed by atoms with E-state index in [9.17, 15) is 4.39 Å². The van der Waals surface area contributed by atoms with Gasteiger partial charge >= 0.3 is 0 Å². The molecule has 0 fully saturated rings. The Morgan fingerprint density at radius 3 is 2.75 bits per heavy atom. The van der Waals surface area contributed by atoms with Crippen molar-refractivity contribution in [3.05, 3.63) is 60.2 Å². The first-order valence-electron chi connectivity index (χ1n) is 4.79. The summed E-state index contributed by atoms with van der Waals surface area (Å²) in [6, 6.07) is 9.79. The van der Waals surface area contributed by atoms with E-state index in [4.69, 9.17) is 0 Å². The molecule has 2 aromatic rings. The van der Waals surface area contributed by atoms with Crippen LogP contribution < -0.4 is 5.43 Å². The highest BCUT2D eigenvalue weighted by atomic mass is 19.1. The van der Waals surface area contributed by atoms with Crippen LogP contribution in [0.4, 0.5) is 10.1 Å². The number of nitrogens with one attached hydrogen (secondary N) is 1. The van der Waals surface area contributed by atoms with Crippen molar-refractivity contribution in [1.82, 2.24) is 4.98 Å². The number of halogens is 1. The highest BCUT2D eigenvalue weighted by molar-refractivity contribution is 5.79. The van der Waals surface area contributed by atoms with E-state index in [1.807, 2.05) is 12.1 Å². The molecular formula is C12H10FN3. The van der Waals surface area contributed by atoms with Crippen molar-refractivity contribution < 1.29 is 4.39 Å². The summed E-state index contributed by atoms with van der Waals surface area (Å²) in [5, 5.41) is 3.98. The van der Waals surface area contributed by atoms with Gasteiger partial charge in [0.15, 0.2) is 0 Å². The summed E-state index contributed by atoms with van der Waals surface area (Å²) in [6.45, 7) is 0. The van der Waals surface area contributed by atoms with Crippen LogP contribution in [0.25, 0.3) is 0 Å². The number of benzene rings is 1. The minimum absolute atomic E-state index is 0.288. The molecule has 3 nitrogen and oxygen atoms in total. The number of hydrogen-bond donors (Lipinski definition) is 1. The molecule has 0 aliphatic carbocycles. The largest absolute Gasteiger partial charge is 0.278 e. The van der Waals surface area contributed by atoms with Crippen LogP contribution in [0.1, 0.15) is 5.56 Å². The van der Waals surface area contributed by atoms with Gasteiger partial charge in [-0.2, -0.15) is 5.10 Å². The van der Waals surface area contributed by atoms with Crippen LogP contribution in [0.15, 0.2) is 53.9 Å². The maximum absolute atomic E-state index is 12.8. The number of hydrogen-bond acceptors (Lipinski definition) is 3. The molecule has 0 saturated carbocycles. The lowest BCUT2D eigenvalue weighted by molar-refractivity contribution is 0.628. The lowest BCUT2D eigenvalue weighted by Gasteiger charge is -1.99. The third-order valence-corrected chi connectivity index (χ3v) is 1.94. The summed E-state index contributed by atoms with van der Waals surface area (Å²) in [5.41, 5.74) is 4.29. The summed E-state index contributed by atoms with van der Waals surface area (Å²) in [6.07, 6.45) is 5.01. The van der Waals surface area contributed by atoms with E-state index < -0.39 is 0 Å². The van der Waals surface area contributed by atoms with Crippen molar-refractivity contribution in [2.45, 2.75) is 0 Å². The van der Waals surface area contributed by atoms with Gasteiger partial charge in [-0.1, -0.05) is 6.07 Å². The van der Waals surface area contributed by atoms with Gasteiger partial charge in [-0.3, -0.25) is 10.4 Å². The third kappa shape index (κ3) is 2.88. The molecule has 1 N–H and O–H groups in total. The first-order chi connectivity index (χ1) is 7.84. The quantitative estimate of drug-likeness (QED) is 0.631. The molecule has 16 heavy (non-hydrogen) atoms. The second-order valence-electron chi connectivity index (χ2n) is 3.16. The number of nitrogens with zero attached hydrogens (tertiary/aromatic N) is 2. The molecule has 0 aliphatic rings. The zero-order valence-corrected chi connectivity index (χ0v) is 8.47. The van der Waals surface area contributed by atoms with Crippen molar-refractivity contribution in [2.75, 3.05) is 5.43 Å². The molecule has 2 rings (SSSR count). The number of anilines is 1. The fourth-order valence-corrected chi connectivity index (χ4v) is 1.19. The summed E-state index contributed by atoms with van der Waals surface area (Å²) in [4.78, 5) is 3.89. The number of hydrazone groups is 1. The van der Waals surface area contributed by atoms with E-state index >= 15 is 0 Å². The maximum atomic E-state index is 12.8. The van der Waals surface area contributed by atoms with Gasteiger partial charge in [0.25, 0.3) is 0 Å². The summed E-state index contributed by atoms with van der Waals surface area (Å²) < 4.78 is 12.8. The Hall–Kier alpha value is -2.23. The lowest BCUT2D eigenvalue weighted by atomic mass is 10.3. The fourth-order valence-electron chi connectivity index (χ4n) is 1.19. The van der Waals surface area contributed by atoms with E-state index in [0.717, 1.165) is 5.56 Å². The number of aromatic nitrogens is 1. The van der Waals surface area contributed by atoms with E-state index in [1.165, 1.54) is 12.1 Å². The van der Waals surface area contributed by atoms with Crippen molar-refractivity contribution in [3.8, 4) is 0 Å². The van der Waals surface area contributed by atoms with Crippen molar-refractivity contribution in [2.24, 2.45) is 5.10 Å². The van der Waals surface area contributed by atoms with E-state index in [1.54, 1.807) is 30.7 Å². The lowest BCUT2D eigenvalue weighted by Crippen LogP contribution is -1.91. The molecule has 0 atom stereocenters. The molecule has 0 unspecified atom stereocenters. The SMILES string of the molecule is Fc1cccc(N/N=C\c2ccncc2)c1. The van der Waals surface area contributed by atoms with Crippen LogP contribution >= 0.6 is 0 Å². The Kier molecular flexibility index (Phi) is 3.23. The summed E-state index contributed by atoms with van der Waals surface area (Å²) in [5.74, 6) is -0.288. The molecule has 0 aliphatic heterocycles. The van der Waals surface area contributed by atoms with Gasteiger partial charge in [0.2, 0.25) is 0 Å². The zero-order chi connectivity index (χ0) is 11.2. The average Bonchev–Trinajstić information content (AvgIpc) is 2.30. The van der Waals surface area contributed by atoms with E-state index in [2.05, 4.69) is 15.5 Å². The predicted octanol–water partition coefficient (Wildman–Crippen LogP) is 2.67. The van der Waals surface area contributed by atoms with Crippen LogP contribution in [0.3, 0.4) is 0 Å². The normalized spacial score (nSPS) is 10.6. The first-order valence-corrected chi connectivity index (χ1v) is 4.79. The minimum Gasteiger partial charge on any atom is -0.278 e. The third-order valence-electron chi connectivity index (χ3n) is 1.94. The standard InChI is InChI=1S/C12H10FN3/c13-11-2-1-3-12(8-11)16-15-9-10-4-6-14-7-5-10/h1-9,16H/b15-9-. The van der Waals surface area contributed by atoms with Crippen LogP contribution in [-0.2, 0) is 0 Å². The molecule has 0 spiro atoms. The predicted molar refractivity (Wildman–Crippen MR) is 61.9 cm³/mol. The van der Waals surface area contributed by atoms with Crippen LogP contribution in [0.2, 0.25) is 0 Å². The Labute approximate surface area is 92.7 Å². The fraction of sp³-hybridized carbons (Fsp3) is 0. The van der Waals surface area contributed by atoms with Gasteiger partial charge in [-0.05, 0) is 35.9 Å². The second-order valence-corrected chi connectivity index (χ2v) is 3.16. The average molecular weight is 215 g/mol. The van der Waals surface area contributed by atoms with Gasteiger partial charge in [0.1, 0.15) is 5.82 Å². The van der Waals surface area contributed by atoms with Gasteiger partial charge in [0, 0.05) is 12.4 Å². The Morgan fingerprint density at radius 2 is 2.00 bits per heavy atom. The van der Waals surface area contributed by atoms with Crippen LogP contribution in [-0.4, -0.2) is 11.2 Å². The Morgan fingerprint density at radius 1 is 1.19 bits per heavy atom. The molecule has 1 heterocycles. The Balaban J connectivity index is 2.00. The van der Waals surface area contributed by atoms with Gasteiger partial charge in [0.05, 0.1) is 11.9 Å². The van der Waals surface area contributed by atoms with E-state index in [-0.39, 0.29) is 5.82 Å². The number of pyridine rings is 1. The van der Waals surface area contributed by atoms with Crippen LogP contribution in [0.5, 0.6) is 0 Å². The molecule has 80 valence electrons. The Bertz CT molecular complexity index is 483. The highest BCUT2D eigenvalue weighted by Crippen LogP contribution is 2.08. The van der Waals surface area contributed by atoms with Crippen LogP contribution in [0, 0.1) is 5.82 Å². The smallest absolute Gasteiger partial charge is 0.125 e. The zero-order valence-electron chi connectivity index (χ0n) is 8.47. The molecule has 0 radical (unpaired) electrons. The number of rotatable bonds is 3. The van der Waals surface area contributed by atoms with Gasteiger partial charge in [-0.25, -0.2) is 4.39 Å².